The molecule has 0 bridgehead atoms. The molecule has 1 aromatic heterocycles. The van der Waals surface area contributed by atoms with E-state index in [4.69, 9.17) is 9.26 Å². The topological polar surface area (TPSA) is 146 Å². The molecule has 2 fully saturated rings. The number of benzene rings is 3. The first kappa shape index (κ1) is 32.8. The van der Waals surface area contributed by atoms with Crippen molar-refractivity contribution in [2.75, 3.05) is 18.1 Å². The molecule has 0 spiro atoms. The number of amides is 4. The maximum Gasteiger partial charge on any atom is 0.262 e. The summed E-state index contributed by atoms with van der Waals surface area (Å²) in [7, 11) is 0. The fourth-order valence-electron chi connectivity index (χ4n) is 6.99. The molecule has 3 aromatic carbocycles. The van der Waals surface area contributed by atoms with Gasteiger partial charge in [-0.25, -0.2) is 0 Å². The summed E-state index contributed by atoms with van der Waals surface area (Å²) < 4.78 is 11.5. The van der Waals surface area contributed by atoms with Gasteiger partial charge in [0.05, 0.1) is 34.9 Å². The first-order valence-corrected chi connectivity index (χ1v) is 16.9. The number of nitriles is 1. The van der Waals surface area contributed by atoms with Gasteiger partial charge in [0.15, 0.2) is 0 Å². The monoisotopic (exact) mass is 671 g/mol. The van der Waals surface area contributed by atoms with E-state index in [0.29, 0.717) is 25.3 Å². The Kier molecular flexibility index (Phi) is 8.48. The minimum Gasteiger partial charge on any atom is -0.494 e. The summed E-state index contributed by atoms with van der Waals surface area (Å²) >= 11 is 0. The summed E-state index contributed by atoms with van der Waals surface area (Å²) in [4.78, 5) is 53.5. The lowest BCUT2D eigenvalue weighted by Crippen LogP contribution is -2.54. The third-order valence-corrected chi connectivity index (χ3v) is 9.97. The molecule has 11 heteroatoms. The Hall–Kier alpha value is -5.76. The summed E-state index contributed by atoms with van der Waals surface area (Å²) in [6.45, 7) is 7.02. The highest BCUT2D eigenvalue weighted by atomic mass is 16.5. The molecule has 1 atom stereocenters. The van der Waals surface area contributed by atoms with Crippen LogP contribution in [0.25, 0.3) is 11.1 Å². The van der Waals surface area contributed by atoms with E-state index in [1.165, 1.54) is 0 Å². The number of fused-ring (bicyclic) bond motifs is 1. The number of imide groups is 2. The lowest BCUT2D eigenvalue weighted by atomic mass is 9.97. The van der Waals surface area contributed by atoms with Crippen molar-refractivity contribution in [2.24, 2.45) is 0 Å². The predicted molar refractivity (Wildman–Crippen MR) is 184 cm³/mol. The van der Waals surface area contributed by atoms with Crippen LogP contribution in [0.4, 0.5) is 11.4 Å². The molecule has 1 N–H and O–H groups in total. The van der Waals surface area contributed by atoms with E-state index in [-0.39, 0.29) is 29.4 Å². The molecule has 1 saturated heterocycles. The molecule has 2 aliphatic heterocycles. The molecule has 0 radical (unpaired) electrons. The number of aryl methyl sites for hydroxylation is 3. The van der Waals surface area contributed by atoms with Crippen molar-refractivity contribution in [1.82, 2.24) is 15.4 Å². The van der Waals surface area contributed by atoms with Gasteiger partial charge in [-0.3, -0.25) is 29.4 Å². The van der Waals surface area contributed by atoms with Gasteiger partial charge in [-0.05, 0) is 106 Å². The second-order valence-electron chi connectivity index (χ2n) is 13.3. The maximum atomic E-state index is 13.2. The van der Waals surface area contributed by atoms with Crippen LogP contribution < -0.4 is 15.0 Å². The molecule has 1 unspecified atom stereocenters. The summed E-state index contributed by atoms with van der Waals surface area (Å²) in [5.41, 5.74) is 7.10. The van der Waals surface area contributed by atoms with Crippen LogP contribution >= 0.6 is 0 Å². The van der Waals surface area contributed by atoms with Crippen molar-refractivity contribution >= 4 is 35.0 Å². The highest BCUT2D eigenvalue weighted by Crippen LogP contribution is 2.48. The average Bonchev–Trinajstić information content (AvgIpc) is 3.79. The second kappa shape index (κ2) is 12.9. The van der Waals surface area contributed by atoms with E-state index in [9.17, 15) is 24.4 Å². The number of carbonyl (C=O) groups excluding carboxylic acids is 4. The Balaban J connectivity index is 1.05. The Bertz CT molecular complexity index is 2050. The summed E-state index contributed by atoms with van der Waals surface area (Å²) in [5.74, 6) is -0.954. The van der Waals surface area contributed by atoms with Crippen molar-refractivity contribution in [2.45, 2.75) is 70.8 Å². The van der Waals surface area contributed by atoms with Gasteiger partial charge in [-0.1, -0.05) is 29.4 Å². The number of hydrogen-bond acceptors (Lipinski definition) is 9. The van der Waals surface area contributed by atoms with Gasteiger partial charge in [0.2, 0.25) is 11.8 Å². The molecular formula is C39H37N5O6. The Morgan fingerprint density at radius 1 is 0.980 bits per heavy atom. The van der Waals surface area contributed by atoms with Gasteiger partial charge < -0.3 is 14.2 Å². The molecule has 3 aliphatic rings. The molecular weight excluding hydrogens is 634 g/mol. The Morgan fingerprint density at radius 2 is 1.74 bits per heavy atom. The molecule has 50 heavy (non-hydrogen) atoms. The minimum atomic E-state index is -1.02. The molecule has 254 valence electrons. The Morgan fingerprint density at radius 3 is 2.42 bits per heavy atom. The van der Waals surface area contributed by atoms with Crippen molar-refractivity contribution in [3.8, 4) is 22.9 Å². The van der Waals surface area contributed by atoms with E-state index in [1.807, 2.05) is 13.8 Å². The first-order valence-electron chi connectivity index (χ1n) is 16.9. The van der Waals surface area contributed by atoms with Gasteiger partial charge in [0, 0.05) is 29.9 Å². The summed E-state index contributed by atoms with van der Waals surface area (Å²) in [6, 6.07) is 20.9. The molecule has 4 amide bonds. The van der Waals surface area contributed by atoms with Crippen LogP contribution in [0.15, 0.2) is 65.2 Å². The molecule has 1 aliphatic carbocycles. The standard InChI is InChI=1S/C39H37N5O6/c1-23-6-7-26(35-24(2)42-50-25(35)3)20-33(23)43(28-10-8-27(9-11-28)39(22-40)16-17-39)18-4-5-19-49-29-12-13-30-31(21-29)38(48)44(37(30)47)32-14-15-34(45)41-36(32)46/h6-13,20-21,32H,4-5,14-19H2,1-3H3,(H,41,45,46). The normalized spacial score (nSPS) is 17.7. The SMILES string of the molecule is Cc1ccc(-c2c(C)noc2C)cc1N(CCCCOc1ccc2c(c1)C(=O)N(C1CCC(=O)NC1=O)C2=O)c1ccc(C2(C#N)CC2)cc1. The zero-order valence-electron chi connectivity index (χ0n) is 28.2. The highest BCUT2D eigenvalue weighted by molar-refractivity contribution is 6.23. The fourth-order valence-corrected chi connectivity index (χ4v) is 6.99. The number of unbranched alkanes of at least 4 members (excludes halogenated alkanes) is 1. The highest BCUT2D eigenvalue weighted by Gasteiger charge is 2.45. The number of anilines is 2. The van der Waals surface area contributed by atoms with E-state index in [1.54, 1.807) is 18.2 Å². The van der Waals surface area contributed by atoms with E-state index in [2.05, 4.69) is 70.8 Å². The third-order valence-electron chi connectivity index (χ3n) is 9.97. The molecule has 1 saturated carbocycles. The minimum absolute atomic E-state index is 0.0645. The number of hydrogen-bond donors (Lipinski definition) is 1. The van der Waals surface area contributed by atoms with Gasteiger partial charge in [-0.15, -0.1) is 0 Å². The van der Waals surface area contributed by atoms with Crippen LogP contribution in [0.1, 0.15) is 81.8 Å². The maximum absolute atomic E-state index is 13.2. The van der Waals surface area contributed by atoms with Crippen LogP contribution in [0.2, 0.25) is 0 Å². The fraction of sp³-hybridized carbons (Fsp3) is 0.333. The summed E-state index contributed by atoms with van der Waals surface area (Å²) in [5, 5.41) is 16.1. The van der Waals surface area contributed by atoms with E-state index in [0.717, 1.165) is 69.2 Å². The van der Waals surface area contributed by atoms with Crippen LogP contribution in [0.3, 0.4) is 0 Å². The lowest BCUT2D eigenvalue weighted by molar-refractivity contribution is -0.136. The third kappa shape index (κ3) is 5.91. The molecule has 11 nitrogen and oxygen atoms in total. The van der Waals surface area contributed by atoms with E-state index < -0.39 is 29.7 Å². The zero-order chi connectivity index (χ0) is 35.2. The van der Waals surface area contributed by atoms with Crippen LogP contribution in [-0.4, -0.2) is 52.9 Å². The van der Waals surface area contributed by atoms with Crippen molar-refractivity contribution < 1.29 is 28.4 Å². The molecule has 7 rings (SSSR count). The molecule has 4 aromatic rings. The molecule has 3 heterocycles. The van der Waals surface area contributed by atoms with Gasteiger partial charge in [-0.2, -0.15) is 5.26 Å². The number of rotatable bonds is 11. The van der Waals surface area contributed by atoms with Crippen molar-refractivity contribution in [3.63, 3.8) is 0 Å². The largest absolute Gasteiger partial charge is 0.494 e. The van der Waals surface area contributed by atoms with Crippen LogP contribution in [0, 0.1) is 32.1 Å². The summed E-state index contributed by atoms with van der Waals surface area (Å²) in [6.07, 6.45) is 3.43. The van der Waals surface area contributed by atoms with Gasteiger partial charge >= 0.3 is 0 Å². The smallest absolute Gasteiger partial charge is 0.262 e. The van der Waals surface area contributed by atoms with Crippen molar-refractivity contribution in [3.05, 3.63) is 94.4 Å². The number of piperidine rings is 1. The number of nitrogens with one attached hydrogen (secondary N) is 1. The van der Waals surface area contributed by atoms with Crippen LogP contribution in [0.5, 0.6) is 5.75 Å². The van der Waals surface area contributed by atoms with Gasteiger partial charge in [0.1, 0.15) is 17.6 Å². The second-order valence-corrected chi connectivity index (χ2v) is 13.3. The first-order chi connectivity index (χ1) is 24.1. The number of ether oxygens (including phenoxy) is 1. The zero-order valence-corrected chi connectivity index (χ0v) is 28.2. The average molecular weight is 672 g/mol. The van der Waals surface area contributed by atoms with E-state index >= 15 is 0 Å². The Labute approximate surface area is 289 Å². The number of carbonyl (C=O) groups is 4. The number of aromatic nitrogens is 1. The lowest BCUT2D eigenvalue weighted by Gasteiger charge is -2.28. The number of nitrogens with zero attached hydrogens (tertiary/aromatic N) is 4. The van der Waals surface area contributed by atoms with Crippen molar-refractivity contribution in [1.29, 1.82) is 5.26 Å². The predicted octanol–water partition coefficient (Wildman–Crippen LogP) is 6.22. The quantitative estimate of drug-likeness (QED) is 0.145. The van der Waals surface area contributed by atoms with Gasteiger partial charge in [0.25, 0.3) is 11.8 Å². The van der Waals surface area contributed by atoms with Crippen LogP contribution in [-0.2, 0) is 15.0 Å².